The number of benzene rings is 1. The van der Waals surface area contributed by atoms with Gasteiger partial charge in [0.25, 0.3) is 0 Å². The van der Waals surface area contributed by atoms with Gasteiger partial charge in [0.05, 0.1) is 6.26 Å². The van der Waals surface area contributed by atoms with Gasteiger partial charge in [0.15, 0.2) is 0 Å². The quantitative estimate of drug-likeness (QED) is 0.598. The molecule has 0 spiro atoms. The summed E-state index contributed by atoms with van der Waals surface area (Å²) in [5.74, 6) is 0. The van der Waals surface area contributed by atoms with Gasteiger partial charge >= 0.3 is 0 Å². The zero-order valence-electron chi connectivity index (χ0n) is 6.00. The molecule has 53 valence electrons. The topological polar surface area (TPSA) is 13.1 Å². The first-order chi connectivity index (χ1) is 5.40. The minimum absolute atomic E-state index is 0.871. The van der Waals surface area contributed by atoms with E-state index in [1.807, 2.05) is 18.2 Å². The molecule has 0 aliphatic carbocycles. The lowest BCUT2D eigenvalue weighted by molar-refractivity contribution is 0.615. The van der Waals surface area contributed by atoms with Crippen LogP contribution in [0, 0.1) is 6.07 Å². The fourth-order valence-electron chi connectivity index (χ4n) is 1.05. The Balaban J connectivity index is 2.76. The highest BCUT2D eigenvalue weighted by atomic mass is 16.3. The zero-order valence-corrected chi connectivity index (χ0v) is 6.00. The molecule has 1 heteroatoms. The number of furan rings is 1. The van der Waals surface area contributed by atoms with Gasteiger partial charge in [-0.15, -0.1) is 0 Å². The molecule has 1 heterocycles. The second-order valence-corrected chi connectivity index (χ2v) is 2.34. The van der Waals surface area contributed by atoms with Crippen molar-refractivity contribution in [3.63, 3.8) is 0 Å². The summed E-state index contributed by atoms with van der Waals surface area (Å²) in [7, 11) is 0. The Morgan fingerprint density at radius 1 is 1.45 bits per heavy atom. The first kappa shape index (κ1) is 6.23. The molecule has 1 aromatic heterocycles. The number of hydrogen-bond acceptors (Lipinski definition) is 1. The molecule has 0 aliphatic heterocycles. The predicted octanol–water partition coefficient (Wildman–Crippen LogP) is 2.88. The van der Waals surface area contributed by atoms with E-state index in [0.29, 0.717) is 0 Å². The van der Waals surface area contributed by atoms with Gasteiger partial charge in [-0.3, -0.25) is 0 Å². The summed E-state index contributed by atoms with van der Waals surface area (Å²) in [6.07, 6.45) is 3.37. The third-order valence-corrected chi connectivity index (χ3v) is 1.64. The Hall–Kier alpha value is -1.50. The molecule has 0 aliphatic rings. The Morgan fingerprint density at radius 3 is 3.18 bits per heavy atom. The van der Waals surface area contributed by atoms with Crippen LogP contribution in [0.2, 0.25) is 0 Å². The second kappa shape index (κ2) is 2.27. The van der Waals surface area contributed by atoms with E-state index in [1.54, 1.807) is 12.3 Å². The van der Waals surface area contributed by atoms with Crippen LogP contribution < -0.4 is 0 Å². The SMILES string of the molecule is C=Cc1ccc2oc[c]c2c1. The Morgan fingerprint density at radius 2 is 2.36 bits per heavy atom. The molecule has 1 radical (unpaired) electrons. The highest BCUT2D eigenvalue weighted by molar-refractivity contribution is 5.79. The van der Waals surface area contributed by atoms with E-state index >= 15 is 0 Å². The Bertz CT molecular complexity index is 384. The van der Waals surface area contributed by atoms with Crippen LogP contribution in [0.25, 0.3) is 17.0 Å². The lowest BCUT2D eigenvalue weighted by Crippen LogP contribution is -1.68. The van der Waals surface area contributed by atoms with E-state index in [9.17, 15) is 0 Å². The number of hydrogen-bond donors (Lipinski definition) is 0. The smallest absolute Gasteiger partial charge is 0.134 e. The van der Waals surface area contributed by atoms with Gasteiger partial charge in [-0.05, 0) is 17.7 Å². The molecular formula is C10H7O. The summed E-state index contributed by atoms with van der Waals surface area (Å²) in [5, 5.41) is 1.00. The van der Waals surface area contributed by atoms with E-state index in [4.69, 9.17) is 4.42 Å². The molecular weight excluding hydrogens is 136 g/mol. The molecule has 0 fully saturated rings. The maximum atomic E-state index is 5.13. The van der Waals surface area contributed by atoms with Crippen molar-refractivity contribution < 1.29 is 4.42 Å². The molecule has 11 heavy (non-hydrogen) atoms. The van der Waals surface area contributed by atoms with E-state index in [2.05, 4.69) is 12.6 Å². The second-order valence-electron chi connectivity index (χ2n) is 2.34. The average Bonchev–Trinajstić information content (AvgIpc) is 2.50. The Kier molecular flexibility index (Phi) is 1.29. The maximum absolute atomic E-state index is 5.13. The summed E-state index contributed by atoms with van der Waals surface area (Å²) in [5.41, 5.74) is 1.96. The van der Waals surface area contributed by atoms with E-state index in [0.717, 1.165) is 16.5 Å². The monoisotopic (exact) mass is 143 g/mol. The van der Waals surface area contributed by atoms with Gasteiger partial charge in [-0.2, -0.15) is 0 Å². The standard InChI is InChI=1S/C10H7O/c1-2-8-3-4-10-9(7-8)5-6-11-10/h2-4,6-7H,1H2. The maximum Gasteiger partial charge on any atom is 0.134 e. The van der Waals surface area contributed by atoms with Crippen molar-refractivity contribution in [2.45, 2.75) is 0 Å². The van der Waals surface area contributed by atoms with Crippen molar-refractivity contribution in [3.05, 3.63) is 42.7 Å². The van der Waals surface area contributed by atoms with Gasteiger partial charge < -0.3 is 4.42 Å². The highest BCUT2D eigenvalue weighted by Crippen LogP contribution is 2.16. The molecule has 0 N–H and O–H groups in total. The van der Waals surface area contributed by atoms with E-state index in [-0.39, 0.29) is 0 Å². The molecule has 2 aromatic rings. The lowest BCUT2D eigenvalue weighted by atomic mass is 10.2. The van der Waals surface area contributed by atoms with Crippen molar-refractivity contribution in [1.82, 2.24) is 0 Å². The molecule has 0 bridgehead atoms. The van der Waals surface area contributed by atoms with Crippen LogP contribution in [0.4, 0.5) is 0 Å². The molecule has 0 atom stereocenters. The Labute approximate surface area is 64.9 Å². The van der Waals surface area contributed by atoms with Gasteiger partial charge in [-0.25, -0.2) is 0 Å². The van der Waals surface area contributed by atoms with Crippen LogP contribution in [0.5, 0.6) is 0 Å². The molecule has 1 nitrogen and oxygen atoms in total. The first-order valence-corrected chi connectivity index (χ1v) is 3.41. The van der Waals surface area contributed by atoms with Crippen molar-refractivity contribution in [2.75, 3.05) is 0 Å². The summed E-state index contributed by atoms with van der Waals surface area (Å²) in [6, 6.07) is 8.86. The molecule has 0 saturated carbocycles. The van der Waals surface area contributed by atoms with Gasteiger partial charge in [-0.1, -0.05) is 18.7 Å². The van der Waals surface area contributed by atoms with Crippen molar-refractivity contribution in [1.29, 1.82) is 0 Å². The van der Waals surface area contributed by atoms with Crippen LogP contribution in [-0.4, -0.2) is 0 Å². The third-order valence-electron chi connectivity index (χ3n) is 1.64. The van der Waals surface area contributed by atoms with Crippen LogP contribution in [0.15, 0.2) is 35.5 Å². The van der Waals surface area contributed by atoms with Crippen LogP contribution in [0.1, 0.15) is 5.56 Å². The summed E-state index contributed by atoms with van der Waals surface area (Å²) in [6.45, 7) is 3.68. The number of fused-ring (bicyclic) bond motifs is 1. The van der Waals surface area contributed by atoms with Crippen molar-refractivity contribution >= 4 is 17.0 Å². The highest BCUT2D eigenvalue weighted by Gasteiger charge is 1.95. The fourth-order valence-corrected chi connectivity index (χ4v) is 1.05. The fraction of sp³-hybridized carbons (Fsp3) is 0. The van der Waals surface area contributed by atoms with Crippen LogP contribution >= 0.6 is 0 Å². The third kappa shape index (κ3) is 0.944. The summed E-state index contributed by atoms with van der Waals surface area (Å²) >= 11 is 0. The minimum Gasteiger partial charge on any atom is -0.464 e. The van der Waals surface area contributed by atoms with Crippen LogP contribution in [0.3, 0.4) is 0 Å². The molecule has 0 saturated heterocycles. The lowest BCUT2D eigenvalue weighted by Gasteiger charge is -1.90. The normalized spacial score (nSPS) is 10.2. The average molecular weight is 143 g/mol. The summed E-state index contributed by atoms with van der Waals surface area (Å²) in [4.78, 5) is 0. The van der Waals surface area contributed by atoms with Gasteiger partial charge in [0.2, 0.25) is 0 Å². The van der Waals surface area contributed by atoms with Gasteiger partial charge in [0.1, 0.15) is 5.58 Å². The molecule has 2 rings (SSSR count). The minimum atomic E-state index is 0.871. The number of rotatable bonds is 1. The van der Waals surface area contributed by atoms with Crippen LogP contribution in [-0.2, 0) is 0 Å². The molecule has 0 unspecified atom stereocenters. The first-order valence-electron chi connectivity index (χ1n) is 3.41. The van der Waals surface area contributed by atoms with Gasteiger partial charge in [0, 0.05) is 11.5 Å². The van der Waals surface area contributed by atoms with Crippen molar-refractivity contribution in [3.8, 4) is 0 Å². The molecule has 0 amide bonds. The van der Waals surface area contributed by atoms with E-state index in [1.165, 1.54) is 0 Å². The van der Waals surface area contributed by atoms with Crippen molar-refractivity contribution in [2.24, 2.45) is 0 Å². The van der Waals surface area contributed by atoms with E-state index < -0.39 is 0 Å². The predicted molar refractivity (Wildman–Crippen MR) is 45.1 cm³/mol. The summed E-state index contributed by atoms with van der Waals surface area (Å²) < 4.78 is 5.13. The molecule has 1 aromatic carbocycles. The zero-order chi connectivity index (χ0) is 7.68. The largest absolute Gasteiger partial charge is 0.464 e.